The Morgan fingerprint density at radius 3 is 2.11 bits per heavy atom. The van der Waals surface area contributed by atoms with Gasteiger partial charge < -0.3 is 10.1 Å². The second-order valence-corrected chi connectivity index (χ2v) is 4.69. The van der Waals surface area contributed by atoms with Gasteiger partial charge >= 0.3 is 12.1 Å². The average molecular weight is 270 g/mol. The number of hydrogen-bond donors (Lipinski definition) is 1. The Balaban J connectivity index is 4.90. The van der Waals surface area contributed by atoms with Crippen molar-refractivity contribution in [3.8, 4) is 0 Å². The molecule has 0 radical (unpaired) electrons. The van der Waals surface area contributed by atoms with Crippen LogP contribution in [0, 0.1) is 0 Å². The van der Waals surface area contributed by atoms with E-state index in [1.165, 1.54) is 26.0 Å². The van der Waals surface area contributed by atoms with E-state index in [9.17, 15) is 18.0 Å². The number of hydrogen-bond acceptors (Lipinski definition) is 4. The van der Waals surface area contributed by atoms with Crippen LogP contribution < -0.4 is 5.32 Å². The molecule has 0 bridgehead atoms. The van der Waals surface area contributed by atoms with Crippen LogP contribution in [-0.2, 0) is 9.53 Å². The Hall–Kier alpha value is -0.820. The first kappa shape index (κ1) is 17.2. The Morgan fingerprint density at radius 2 is 1.83 bits per heavy atom. The molecule has 0 fully saturated rings. The predicted octanol–water partition coefficient (Wildman–Crippen LogP) is 1.41. The molecule has 0 amide bonds. The fraction of sp³-hybridized carbons (Fsp3) is 0.909. The Bertz CT molecular complexity index is 282. The van der Waals surface area contributed by atoms with Crippen LogP contribution in [0.3, 0.4) is 0 Å². The molecule has 1 N–H and O–H groups in total. The van der Waals surface area contributed by atoms with Crippen LogP contribution in [0.1, 0.15) is 20.8 Å². The molecule has 1 unspecified atom stereocenters. The molecule has 0 saturated carbocycles. The minimum Gasteiger partial charge on any atom is -0.468 e. The van der Waals surface area contributed by atoms with E-state index in [2.05, 4.69) is 10.1 Å². The maximum atomic E-state index is 12.4. The van der Waals surface area contributed by atoms with E-state index in [-0.39, 0.29) is 12.6 Å². The summed E-state index contributed by atoms with van der Waals surface area (Å²) in [5.41, 5.74) is -1.16. The first-order valence-electron chi connectivity index (χ1n) is 5.64. The Morgan fingerprint density at radius 1 is 1.33 bits per heavy atom. The second kappa shape index (κ2) is 6.38. The molecule has 0 aliphatic carbocycles. The van der Waals surface area contributed by atoms with Gasteiger partial charge in [-0.25, -0.2) is 0 Å². The van der Waals surface area contributed by atoms with Crippen molar-refractivity contribution in [3.63, 3.8) is 0 Å². The lowest BCUT2D eigenvalue weighted by Crippen LogP contribution is -2.58. The van der Waals surface area contributed by atoms with Gasteiger partial charge in [-0.15, -0.1) is 0 Å². The molecule has 0 saturated heterocycles. The molecule has 0 rings (SSSR count). The topological polar surface area (TPSA) is 41.6 Å². The van der Waals surface area contributed by atoms with E-state index in [1.54, 1.807) is 13.8 Å². The number of carbonyl (C=O) groups excluding carboxylic acids is 1. The smallest absolute Gasteiger partial charge is 0.401 e. The zero-order valence-corrected chi connectivity index (χ0v) is 11.4. The third-order valence-corrected chi connectivity index (χ3v) is 2.82. The summed E-state index contributed by atoms with van der Waals surface area (Å²) in [7, 11) is 2.73. The lowest BCUT2D eigenvalue weighted by atomic mass is 10.0. The molecule has 0 aromatic carbocycles. The monoisotopic (exact) mass is 270 g/mol. The van der Waals surface area contributed by atoms with Gasteiger partial charge in [-0.1, -0.05) is 0 Å². The summed E-state index contributed by atoms with van der Waals surface area (Å²) in [6.45, 7) is 3.69. The summed E-state index contributed by atoms with van der Waals surface area (Å²) in [5.74, 6) is -0.585. The number of nitrogens with one attached hydrogen (secondary N) is 1. The first-order chi connectivity index (χ1) is 8.05. The summed E-state index contributed by atoms with van der Waals surface area (Å²) in [6.07, 6.45) is -4.30. The fourth-order valence-corrected chi connectivity index (χ4v) is 1.53. The van der Waals surface area contributed by atoms with Gasteiger partial charge in [-0.3, -0.25) is 9.69 Å². The lowest BCUT2D eigenvalue weighted by molar-refractivity contribution is -0.160. The van der Waals surface area contributed by atoms with E-state index >= 15 is 0 Å². The van der Waals surface area contributed by atoms with Gasteiger partial charge in [0.15, 0.2) is 0 Å². The number of esters is 1. The highest BCUT2D eigenvalue weighted by molar-refractivity contribution is 5.80. The molecule has 0 aromatic rings. The quantitative estimate of drug-likeness (QED) is 0.741. The van der Waals surface area contributed by atoms with Crippen molar-refractivity contribution in [2.45, 2.75) is 38.5 Å². The van der Waals surface area contributed by atoms with Crippen molar-refractivity contribution in [1.82, 2.24) is 10.2 Å². The summed E-state index contributed by atoms with van der Waals surface area (Å²) in [6, 6.07) is -0.330. The van der Waals surface area contributed by atoms with Crippen LogP contribution in [-0.4, -0.2) is 55.9 Å². The number of methoxy groups -OCH3 is 1. The van der Waals surface area contributed by atoms with E-state index in [0.29, 0.717) is 0 Å². The summed E-state index contributed by atoms with van der Waals surface area (Å²) in [4.78, 5) is 12.8. The molecule has 108 valence electrons. The molecular weight excluding hydrogens is 249 g/mol. The largest absolute Gasteiger partial charge is 0.468 e. The minimum absolute atomic E-state index is 0.0760. The van der Waals surface area contributed by atoms with Crippen molar-refractivity contribution in [2.75, 3.05) is 27.2 Å². The van der Waals surface area contributed by atoms with Crippen LogP contribution in [0.25, 0.3) is 0 Å². The van der Waals surface area contributed by atoms with E-state index in [4.69, 9.17) is 0 Å². The maximum Gasteiger partial charge on any atom is 0.401 e. The van der Waals surface area contributed by atoms with Crippen molar-refractivity contribution in [1.29, 1.82) is 0 Å². The molecule has 1 atom stereocenters. The first-order valence-corrected chi connectivity index (χ1v) is 5.64. The standard InChI is InChI=1S/C11H21F3N2O2/c1-8(2)16(7-11(12,13)14)6-10(3,15-4)9(17)18-5/h8,15H,6-7H2,1-5H3. The third-order valence-electron chi connectivity index (χ3n) is 2.82. The highest BCUT2D eigenvalue weighted by Gasteiger charge is 2.39. The van der Waals surface area contributed by atoms with Gasteiger partial charge in [0.2, 0.25) is 0 Å². The number of nitrogens with zero attached hydrogens (tertiary/aromatic N) is 1. The molecule has 7 heteroatoms. The normalized spacial score (nSPS) is 15.9. The molecule has 0 aliphatic rings. The summed E-state index contributed by atoms with van der Waals surface area (Å²) < 4.78 is 42.0. The van der Waals surface area contributed by atoms with E-state index in [0.717, 1.165) is 0 Å². The Labute approximate surface area is 105 Å². The fourth-order valence-electron chi connectivity index (χ4n) is 1.53. The van der Waals surface area contributed by atoms with Gasteiger partial charge in [0.05, 0.1) is 13.7 Å². The van der Waals surface area contributed by atoms with Crippen LogP contribution in [0.4, 0.5) is 13.2 Å². The van der Waals surface area contributed by atoms with Crippen LogP contribution >= 0.6 is 0 Å². The molecule has 0 heterocycles. The van der Waals surface area contributed by atoms with Crippen LogP contribution in [0.2, 0.25) is 0 Å². The summed E-state index contributed by atoms with van der Waals surface area (Å²) in [5, 5.41) is 2.72. The van der Waals surface area contributed by atoms with Crippen molar-refractivity contribution >= 4 is 5.97 Å². The van der Waals surface area contributed by atoms with Crippen LogP contribution in [0.15, 0.2) is 0 Å². The molecule has 0 spiro atoms. The number of rotatable bonds is 6. The highest BCUT2D eigenvalue weighted by atomic mass is 19.4. The molecule has 4 nitrogen and oxygen atoms in total. The van der Waals surface area contributed by atoms with Gasteiger partial charge in [-0.05, 0) is 27.8 Å². The molecule has 0 aliphatic heterocycles. The zero-order valence-electron chi connectivity index (χ0n) is 11.4. The summed E-state index contributed by atoms with van der Waals surface area (Å²) >= 11 is 0. The molecule has 18 heavy (non-hydrogen) atoms. The van der Waals surface area contributed by atoms with E-state index < -0.39 is 24.2 Å². The molecule has 0 aromatic heterocycles. The number of halogens is 3. The van der Waals surface area contributed by atoms with Crippen molar-refractivity contribution < 1.29 is 22.7 Å². The van der Waals surface area contributed by atoms with Gasteiger partial charge in [0.25, 0.3) is 0 Å². The average Bonchev–Trinajstić information content (AvgIpc) is 2.24. The van der Waals surface area contributed by atoms with Crippen LogP contribution in [0.5, 0.6) is 0 Å². The van der Waals surface area contributed by atoms with Crippen molar-refractivity contribution in [2.24, 2.45) is 0 Å². The second-order valence-electron chi connectivity index (χ2n) is 4.69. The molecular formula is C11H21F3N2O2. The minimum atomic E-state index is -4.30. The number of alkyl halides is 3. The van der Waals surface area contributed by atoms with Gasteiger partial charge in [0, 0.05) is 12.6 Å². The Kier molecular flexibility index (Phi) is 6.09. The van der Waals surface area contributed by atoms with Crippen molar-refractivity contribution in [3.05, 3.63) is 0 Å². The van der Waals surface area contributed by atoms with E-state index in [1.807, 2.05) is 0 Å². The van der Waals surface area contributed by atoms with Gasteiger partial charge in [-0.2, -0.15) is 13.2 Å². The third kappa shape index (κ3) is 5.22. The highest BCUT2D eigenvalue weighted by Crippen LogP contribution is 2.20. The SMILES string of the molecule is CNC(C)(CN(CC(F)(F)F)C(C)C)C(=O)OC. The number of likely N-dealkylation sites (N-methyl/N-ethyl adjacent to an activating group) is 1. The van der Waals surface area contributed by atoms with Gasteiger partial charge in [0.1, 0.15) is 5.54 Å². The predicted molar refractivity (Wildman–Crippen MR) is 62.2 cm³/mol. The lowest BCUT2D eigenvalue weighted by Gasteiger charge is -2.35. The maximum absolute atomic E-state index is 12.4. The number of carbonyl (C=O) groups is 1. The number of ether oxygens (including phenoxy) is 1. The zero-order chi connectivity index (χ0) is 14.6.